The second-order valence-corrected chi connectivity index (χ2v) is 9.34. The number of ether oxygens (including phenoxy) is 1. The van der Waals surface area contributed by atoms with Crippen LogP contribution in [0, 0.1) is 24.7 Å². The molecule has 3 aliphatic heterocycles. The fraction of sp³-hybridized carbons (Fsp3) is 0.652. The molecule has 5 rings (SSSR count). The van der Waals surface area contributed by atoms with Gasteiger partial charge < -0.3 is 15.0 Å². The molecule has 2 amide bonds. The summed E-state index contributed by atoms with van der Waals surface area (Å²) in [6, 6.07) is 8.19. The van der Waals surface area contributed by atoms with Gasteiger partial charge in [0.25, 0.3) is 0 Å². The summed E-state index contributed by atoms with van der Waals surface area (Å²) in [5.41, 5.74) is 2.10. The highest BCUT2D eigenvalue weighted by Crippen LogP contribution is 2.54. The first-order chi connectivity index (χ1) is 13.5. The van der Waals surface area contributed by atoms with Gasteiger partial charge in [0.1, 0.15) is 0 Å². The van der Waals surface area contributed by atoms with Gasteiger partial charge in [-0.3, -0.25) is 9.59 Å². The van der Waals surface area contributed by atoms with Gasteiger partial charge in [0.2, 0.25) is 11.8 Å². The quantitative estimate of drug-likeness (QED) is 0.851. The molecule has 1 aliphatic carbocycles. The Hall–Kier alpha value is -1.88. The van der Waals surface area contributed by atoms with E-state index in [2.05, 4.69) is 24.4 Å². The maximum Gasteiger partial charge on any atom is 0.227 e. The first-order valence-electron chi connectivity index (χ1n) is 10.8. The minimum Gasteiger partial charge on any atom is -0.369 e. The van der Waals surface area contributed by atoms with Crippen LogP contribution in [0.4, 0.5) is 0 Å². The lowest BCUT2D eigenvalue weighted by molar-refractivity contribution is -0.131. The fourth-order valence-corrected chi connectivity index (χ4v) is 5.80. The van der Waals surface area contributed by atoms with Gasteiger partial charge in [0.05, 0.1) is 24.7 Å². The number of likely N-dealkylation sites (tertiary alicyclic amines) is 1. The predicted molar refractivity (Wildman–Crippen MR) is 106 cm³/mol. The highest BCUT2D eigenvalue weighted by molar-refractivity contribution is 5.80. The van der Waals surface area contributed by atoms with E-state index >= 15 is 0 Å². The van der Waals surface area contributed by atoms with Crippen molar-refractivity contribution in [2.45, 2.75) is 57.2 Å². The van der Waals surface area contributed by atoms with Crippen LogP contribution in [0.1, 0.15) is 43.2 Å². The maximum atomic E-state index is 12.9. The van der Waals surface area contributed by atoms with E-state index in [1.54, 1.807) is 0 Å². The van der Waals surface area contributed by atoms with E-state index in [1.807, 2.05) is 17.0 Å². The maximum absolute atomic E-state index is 12.9. The summed E-state index contributed by atoms with van der Waals surface area (Å²) in [6.45, 7) is 4.24. The second-order valence-electron chi connectivity index (χ2n) is 9.34. The summed E-state index contributed by atoms with van der Waals surface area (Å²) < 4.78 is 6.43. The Balaban J connectivity index is 1.23. The summed E-state index contributed by atoms with van der Waals surface area (Å²) in [5.74, 6) is 1.33. The molecule has 0 aromatic heterocycles. The summed E-state index contributed by atoms with van der Waals surface area (Å²) in [5, 5.41) is 3.19. The van der Waals surface area contributed by atoms with Crippen LogP contribution >= 0.6 is 0 Å². The zero-order valence-electron chi connectivity index (χ0n) is 16.7. The molecule has 4 fully saturated rings. The smallest absolute Gasteiger partial charge is 0.227 e. The largest absolute Gasteiger partial charge is 0.369 e. The number of nitrogens with zero attached hydrogens (tertiary/aromatic N) is 1. The highest BCUT2D eigenvalue weighted by Gasteiger charge is 2.63. The molecule has 0 radical (unpaired) electrons. The van der Waals surface area contributed by atoms with Gasteiger partial charge in [0.15, 0.2) is 0 Å². The van der Waals surface area contributed by atoms with Crippen molar-refractivity contribution in [1.82, 2.24) is 10.2 Å². The molecule has 3 saturated heterocycles. The van der Waals surface area contributed by atoms with Crippen molar-refractivity contribution in [2.24, 2.45) is 17.8 Å². The third kappa shape index (κ3) is 3.04. The monoisotopic (exact) mass is 382 g/mol. The van der Waals surface area contributed by atoms with Gasteiger partial charge in [-0.2, -0.15) is 0 Å². The lowest BCUT2D eigenvalue weighted by Crippen LogP contribution is -2.44. The Bertz CT molecular complexity index is 790. The van der Waals surface area contributed by atoms with Crippen molar-refractivity contribution in [3.8, 4) is 0 Å². The molecule has 28 heavy (non-hydrogen) atoms. The van der Waals surface area contributed by atoms with Crippen LogP contribution in [0.3, 0.4) is 0 Å². The van der Waals surface area contributed by atoms with Crippen LogP contribution in [-0.2, 0) is 20.7 Å². The van der Waals surface area contributed by atoms with Gasteiger partial charge in [-0.05, 0) is 38.2 Å². The van der Waals surface area contributed by atoms with Crippen molar-refractivity contribution in [2.75, 3.05) is 19.6 Å². The van der Waals surface area contributed by atoms with Crippen LogP contribution in [0.15, 0.2) is 24.3 Å². The van der Waals surface area contributed by atoms with Gasteiger partial charge in [-0.1, -0.05) is 36.2 Å². The number of hydrogen-bond donors (Lipinski definition) is 1. The molecule has 1 aromatic rings. The molecule has 4 aliphatic rings. The van der Waals surface area contributed by atoms with Crippen LogP contribution in [0.5, 0.6) is 0 Å². The topological polar surface area (TPSA) is 58.6 Å². The molecule has 1 aromatic carbocycles. The molecule has 5 nitrogen and oxygen atoms in total. The van der Waals surface area contributed by atoms with E-state index in [9.17, 15) is 9.59 Å². The number of fused-ring (bicyclic) bond motifs is 1. The van der Waals surface area contributed by atoms with Gasteiger partial charge in [-0.25, -0.2) is 0 Å². The third-order valence-electron chi connectivity index (χ3n) is 7.56. The minimum absolute atomic E-state index is 0.168. The zero-order chi connectivity index (χ0) is 19.3. The molecule has 150 valence electrons. The first-order valence-corrected chi connectivity index (χ1v) is 10.8. The number of benzene rings is 1. The van der Waals surface area contributed by atoms with Crippen LogP contribution in [0.25, 0.3) is 0 Å². The minimum atomic E-state index is -0.168. The van der Waals surface area contributed by atoms with Gasteiger partial charge in [-0.15, -0.1) is 0 Å². The average molecular weight is 383 g/mol. The number of carbonyl (C=O) groups is 2. The van der Waals surface area contributed by atoms with E-state index in [0.717, 1.165) is 37.8 Å². The molecule has 0 unspecified atom stereocenters. The van der Waals surface area contributed by atoms with Crippen molar-refractivity contribution in [3.05, 3.63) is 35.4 Å². The Labute approximate surface area is 166 Å². The van der Waals surface area contributed by atoms with E-state index in [0.29, 0.717) is 31.3 Å². The van der Waals surface area contributed by atoms with E-state index in [4.69, 9.17) is 4.74 Å². The van der Waals surface area contributed by atoms with Gasteiger partial charge in [0, 0.05) is 30.8 Å². The molecule has 1 spiro atoms. The molecule has 5 heteroatoms. The fourth-order valence-electron chi connectivity index (χ4n) is 5.80. The predicted octanol–water partition coefficient (Wildman–Crippen LogP) is 2.46. The summed E-state index contributed by atoms with van der Waals surface area (Å²) in [7, 11) is 0. The van der Waals surface area contributed by atoms with Crippen LogP contribution in [0.2, 0.25) is 0 Å². The van der Waals surface area contributed by atoms with E-state index in [-0.39, 0.29) is 29.4 Å². The van der Waals surface area contributed by atoms with Crippen molar-refractivity contribution >= 4 is 11.8 Å². The number of aryl methyl sites for hydroxylation is 1. The lowest BCUT2D eigenvalue weighted by atomic mass is 9.73. The molecule has 3 heterocycles. The van der Waals surface area contributed by atoms with Crippen molar-refractivity contribution in [3.63, 3.8) is 0 Å². The van der Waals surface area contributed by atoms with E-state index < -0.39 is 0 Å². The van der Waals surface area contributed by atoms with Crippen LogP contribution < -0.4 is 5.32 Å². The SMILES string of the molecule is Cc1cccc(CC(=O)N2C[C@@H]3[C@H](CNC(=O)C4CCC4)[C@H]4CC[C@]3(C2)O4)c1. The Morgan fingerprint density at radius 3 is 2.89 bits per heavy atom. The molecule has 2 bridgehead atoms. The Morgan fingerprint density at radius 2 is 2.14 bits per heavy atom. The van der Waals surface area contributed by atoms with Crippen molar-refractivity contribution in [1.29, 1.82) is 0 Å². The Kier molecular flexibility index (Phi) is 4.46. The number of carbonyl (C=O) groups excluding carboxylic acids is 2. The summed E-state index contributed by atoms with van der Waals surface area (Å²) >= 11 is 0. The number of nitrogens with one attached hydrogen (secondary N) is 1. The Morgan fingerprint density at radius 1 is 1.29 bits per heavy atom. The molecule has 1 saturated carbocycles. The van der Waals surface area contributed by atoms with Gasteiger partial charge >= 0.3 is 0 Å². The summed E-state index contributed by atoms with van der Waals surface area (Å²) in [4.78, 5) is 27.2. The standard InChI is InChI=1S/C23H30N2O3/c1-15-4-2-5-16(10-15)11-21(26)25-13-19-18(12-24-22(27)17-6-3-7-17)20-8-9-23(19,14-25)28-20/h2,4-5,10,17-20H,3,6-9,11-14H2,1H3,(H,24,27)/t18-,19+,20+,23+/m0/s1. The number of rotatable bonds is 5. The molecule has 1 N–H and O–H groups in total. The number of amides is 2. The second kappa shape index (κ2) is 6.87. The lowest BCUT2D eigenvalue weighted by Gasteiger charge is -2.30. The normalized spacial score (nSPS) is 33.6. The zero-order valence-corrected chi connectivity index (χ0v) is 16.7. The van der Waals surface area contributed by atoms with Crippen LogP contribution in [-0.4, -0.2) is 48.1 Å². The highest BCUT2D eigenvalue weighted by atomic mass is 16.5. The molecular formula is C23H30N2O3. The number of hydrogen-bond acceptors (Lipinski definition) is 3. The molecule has 4 atom stereocenters. The third-order valence-corrected chi connectivity index (χ3v) is 7.56. The van der Waals surface area contributed by atoms with Crippen molar-refractivity contribution < 1.29 is 14.3 Å². The molecular weight excluding hydrogens is 352 g/mol. The average Bonchev–Trinajstić information content (AvgIpc) is 3.26. The van der Waals surface area contributed by atoms with E-state index in [1.165, 1.54) is 12.0 Å². The first kappa shape index (κ1) is 18.2. The summed E-state index contributed by atoms with van der Waals surface area (Å²) in [6.07, 6.45) is 6.05.